The Morgan fingerprint density at radius 1 is 1.15 bits per heavy atom. The Morgan fingerprint density at radius 3 is 2.64 bits per heavy atom. The number of anilines is 1. The van der Waals surface area contributed by atoms with Crippen LogP contribution in [0.15, 0.2) is 65.1 Å². The van der Waals surface area contributed by atoms with Gasteiger partial charge in [0.2, 0.25) is 5.91 Å². The van der Waals surface area contributed by atoms with Crippen LogP contribution in [0.4, 0.5) is 5.13 Å². The van der Waals surface area contributed by atoms with Gasteiger partial charge in [0.15, 0.2) is 22.2 Å². The molecule has 0 unspecified atom stereocenters. The fraction of sp³-hybridized carbons (Fsp3) is 0.250. The Hall–Kier alpha value is -3.17. The van der Waals surface area contributed by atoms with Crippen LogP contribution in [0.3, 0.4) is 0 Å². The molecular formula is C24H25N5O2S2. The number of aryl methyl sites for hydroxylation is 1. The number of aromatic nitrogens is 4. The third-order valence-corrected chi connectivity index (χ3v) is 6.64. The number of hydrogen-bond donors (Lipinski definition) is 1. The first-order valence-electron chi connectivity index (χ1n) is 10.6. The van der Waals surface area contributed by atoms with Gasteiger partial charge in [-0.1, -0.05) is 59.8 Å². The van der Waals surface area contributed by atoms with Crippen LogP contribution in [-0.4, -0.2) is 31.4 Å². The molecule has 0 fully saturated rings. The Bertz CT molecular complexity index is 1210. The Morgan fingerprint density at radius 2 is 1.91 bits per heavy atom. The predicted molar refractivity (Wildman–Crippen MR) is 133 cm³/mol. The van der Waals surface area contributed by atoms with Crippen molar-refractivity contribution in [3.05, 3.63) is 71.4 Å². The van der Waals surface area contributed by atoms with Crippen molar-refractivity contribution in [1.29, 1.82) is 0 Å². The topological polar surface area (TPSA) is 81.9 Å². The molecule has 2 aromatic carbocycles. The van der Waals surface area contributed by atoms with Gasteiger partial charge in [-0.25, -0.2) is 4.98 Å². The lowest BCUT2D eigenvalue weighted by Crippen LogP contribution is -2.15. The number of thioether (sulfide) groups is 1. The van der Waals surface area contributed by atoms with Crippen molar-refractivity contribution in [1.82, 2.24) is 19.7 Å². The van der Waals surface area contributed by atoms with Gasteiger partial charge in [0.25, 0.3) is 0 Å². The molecule has 0 saturated carbocycles. The molecule has 1 N–H and O–H groups in total. The fourth-order valence-corrected chi connectivity index (χ4v) is 4.78. The number of carbonyl (C=O) groups is 1. The number of para-hydroxylation sites is 1. The maximum atomic E-state index is 12.5. The van der Waals surface area contributed by atoms with Gasteiger partial charge in [-0.3, -0.25) is 4.79 Å². The number of nitrogens with one attached hydrogen (secondary N) is 1. The first kappa shape index (κ1) is 23.0. The molecule has 170 valence electrons. The summed E-state index contributed by atoms with van der Waals surface area (Å²) < 4.78 is 7.96. The molecular weight excluding hydrogens is 454 g/mol. The van der Waals surface area contributed by atoms with Gasteiger partial charge in [0.05, 0.1) is 11.4 Å². The molecule has 9 heteroatoms. The van der Waals surface area contributed by atoms with Gasteiger partial charge in [-0.05, 0) is 32.9 Å². The van der Waals surface area contributed by atoms with E-state index in [2.05, 4.69) is 20.5 Å². The third kappa shape index (κ3) is 5.80. The number of carbonyl (C=O) groups excluding carboxylic acids is 1. The summed E-state index contributed by atoms with van der Waals surface area (Å²) in [4.78, 5) is 17.0. The van der Waals surface area contributed by atoms with Crippen molar-refractivity contribution in [2.45, 2.75) is 38.6 Å². The number of amides is 1. The molecule has 0 saturated heterocycles. The minimum Gasteiger partial charge on any atom is -0.483 e. The van der Waals surface area contributed by atoms with Gasteiger partial charge in [-0.2, -0.15) is 0 Å². The summed E-state index contributed by atoms with van der Waals surface area (Å²) in [6.07, 6.45) is -0.265. The maximum absolute atomic E-state index is 12.5. The molecule has 1 atom stereocenters. The molecule has 2 heterocycles. The van der Waals surface area contributed by atoms with E-state index in [1.54, 1.807) is 0 Å². The molecule has 0 bridgehead atoms. The number of thiazole rings is 1. The van der Waals surface area contributed by atoms with Gasteiger partial charge in [-0.15, -0.1) is 21.5 Å². The Balaban J connectivity index is 1.35. The van der Waals surface area contributed by atoms with Crippen molar-refractivity contribution in [2.75, 3.05) is 11.1 Å². The molecule has 33 heavy (non-hydrogen) atoms. The van der Waals surface area contributed by atoms with E-state index in [1.807, 2.05) is 85.3 Å². The summed E-state index contributed by atoms with van der Waals surface area (Å²) in [6.45, 7) is 6.70. The van der Waals surface area contributed by atoms with Crippen molar-refractivity contribution in [3.63, 3.8) is 0 Å². The summed E-state index contributed by atoms with van der Waals surface area (Å²) in [5.41, 5.74) is 3.08. The monoisotopic (exact) mass is 479 g/mol. The number of rotatable bonds is 9. The molecule has 0 radical (unpaired) electrons. The first-order valence-corrected chi connectivity index (χ1v) is 12.5. The first-order chi connectivity index (χ1) is 16.0. The molecule has 1 amide bonds. The predicted octanol–water partition coefficient (Wildman–Crippen LogP) is 5.60. The summed E-state index contributed by atoms with van der Waals surface area (Å²) in [5.74, 6) is 1.58. The second-order valence-corrected chi connectivity index (χ2v) is 9.20. The molecule has 0 aliphatic heterocycles. The maximum Gasteiger partial charge on any atom is 0.236 e. The SMILES string of the molecule is CCn1c(SCC(=O)Nc2nc(-c3ccc(C)cc3)cs2)nnc1[C@@H](C)Oc1ccccc1. The smallest absolute Gasteiger partial charge is 0.236 e. The van der Waals surface area contributed by atoms with Gasteiger partial charge in [0.1, 0.15) is 5.75 Å². The van der Waals surface area contributed by atoms with Crippen LogP contribution in [0.1, 0.15) is 31.3 Å². The minimum absolute atomic E-state index is 0.134. The standard InChI is InChI=1S/C24H25N5O2S2/c1-4-29-22(17(3)31-19-8-6-5-7-9-19)27-28-24(29)33-15-21(30)26-23-25-20(14-32-23)18-12-10-16(2)11-13-18/h5-14,17H,4,15H2,1-3H3,(H,25,26,30)/t17-/m1/s1. The van der Waals surface area contributed by atoms with Crippen LogP contribution in [0.25, 0.3) is 11.3 Å². The van der Waals surface area contributed by atoms with E-state index < -0.39 is 0 Å². The van der Waals surface area contributed by atoms with Gasteiger partial charge < -0.3 is 14.6 Å². The second-order valence-electron chi connectivity index (χ2n) is 7.40. The van der Waals surface area contributed by atoms with E-state index in [4.69, 9.17) is 4.74 Å². The van der Waals surface area contributed by atoms with E-state index in [0.717, 1.165) is 22.8 Å². The van der Waals surface area contributed by atoms with Gasteiger partial charge >= 0.3 is 0 Å². The summed E-state index contributed by atoms with van der Waals surface area (Å²) in [7, 11) is 0. The highest BCUT2D eigenvalue weighted by atomic mass is 32.2. The average molecular weight is 480 g/mol. The summed E-state index contributed by atoms with van der Waals surface area (Å²) in [6, 6.07) is 17.8. The normalized spacial score (nSPS) is 11.8. The highest BCUT2D eigenvalue weighted by molar-refractivity contribution is 7.99. The Kier molecular flexibility index (Phi) is 7.41. The zero-order chi connectivity index (χ0) is 23.2. The van der Waals surface area contributed by atoms with Crippen LogP contribution >= 0.6 is 23.1 Å². The molecule has 0 aliphatic rings. The molecule has 7 nitrogen and oxygen atoms in total. The lowest BCUT2D eigenvalue weighted by atomic mass is 10.1. The summed E-state index contributed by atoms with van der Waals surface area (Å²) in [5, 5.41) is 14.7. The zero-order valence-corrected chi connectivity index (χ0v) is 20.3. The lowest BCUT2D eigenvalue weighted by Gasteiger charge is -2.15. The average Bonchev–Trinajstić information content (AvgIpc) is 3.45. The van der Waals surface area contributed by atoms with E-state index in [0.29, 0.717) is 16.8 Å². The number of benzene rings is 2. The molecule has 4 rings (SSSR count). The van der Waals surface area contributed by atoms with Crippen molar-refractivity contribution in [3.8, 4) is 17.0 Å². The number of nitrogens with zero attached hydrogens (tertiary/aromatic N) is 4. The molecule has 4 aromatic rings. The second kappa shape index (κ2) is 10.6. The van der Waals surface area contributed by atoms with Gasteiger partial charge in [0, 0.05) is 17.5 Å². The van der Waals surface area contributed by atoms with Crippen LogP contribution in [-0.2, 0) is 11.3 Å². The molecule has 2 aromatic heterocycles. The number of hydrogen-bond acceptors (Lipinski definition) is 7. The van der Waals surface area contributed by atoms with E-state index in [-0.39, 0.29) is 17.8 Å². The zero-order valence-electron chi connectivity index (χ0n) is 18.7. The Labute approximate surface area is 201 Å². The quantitative estimate of drug-likeness (QED) is 0.315. The van der Waals surface area contributed by atoms with Crippen molar-refractivity contribution in [2.24, 2.45) is 0 Å². The summed E-state index contributed by atoms with van der Waals surface area (Å²) >= 11 is 2.76. The van der Waals surface area contributed by atoms with E-state index in [9.17, 15) is 4.79 Å². The van der Waals surface area contributed by atoms with Crippen LogP contribution in [0, 0.1) is 6.92 Å². The largest absolute Gasteiger partial charge is 0.483 e. The lowest BCUT2D eigenvalue weighted by molar-refractivity contribution is -0.113. The van der Waals surface area contributed by atoms with E-state index >= 15 is 0 Å². The van der Waals surface area contributed by atoms with Crippen LogP contribution in [0.5, 0.6) is 5.75 Å². The van der Waals surface area contributed by atoms with Crippen molar-refractivity contribution < 1.29 is 9.53 Å². The number of ether oxygens (including phenoxy) is 1. The van der Waals surface area contributed by atoms with Crippen LogP contribution < -0.4 is 10.1 Å². The highest BCUT2D eigenvalue weighted by Crippen LogP contribution is 2.27. The minimum atomic E-state index is -0.265. The molecule has 0 aliphatic carbocycles. The highest BCUT2D eigenvalue weighted by Gasteiger charge is 2.19. The molecule has 0 spiro atoms. The fourth-order valence-electron chi connectivity index (χ4n) is 3.23. The third-order valence-electron chi connectivity index (χ3n) is 4.91. The van der Waals surface area contributed by atoms with E-state index in [1.165, 1.54) is 28.7 Å². The van der Waals surface area contributed by atoms with Crippen molar-refractivity contribution >= 4 is 34.1 Å². The van der Waals surface area contributed by atoms with Crippen LogP contribution in [0.2, 0.25) is 0 Å².